The second kappa shape index (κ2) is 9.65. The van der Waals surface area contributed by atoms with Gasteiger partial charge in [0.05, 0.1) is 13.2 Å². The van der Waals surface area contributed by atoms with Crippen LogP contribution in [0, 0.1) is 5.82 Å². The monoisotopic (exact) mass is 530 g/mol. The van der Waals surface area contributed by atoms with Crippen LogP contribution in [0.4, 0.5) is 4.39 Å². The Morgan fingerprint density at radius 3 is 2.38 bits per heavy atom. The Bertz CT molecular complexity index is 1700. The number of aromatic nitrogens is 3. The second-order valence-corrected chi connectivity index (χ2v) is 11.5. The zero-order valence-electron chi connectivity index (χ0n) is 22.3. The highest BCUT2D eigenvalue weighted by molar-refractivity contribution is 5.96. The summed E-state index contributed by atoms with van der Waals surface area (Å²) >= 11 is 0. The van der Waals surface area contributed by atoms with E-state index in [0.717, 1.165) is 59.3 Å². The Balaban J connectivity index is 1.06. The fourth-order valence-electron chi connectivity index (χ4n) is 7.14. The first-order valence-corrected chi connectivity index (χ1v) is 14.4. The van der Waals surface area contributed by atoms with Gasteiger partial charge in [-0.05, 0) is 72.6 Å². The Kier molecular flexibility index (Phi) is 5.78. The van der Waals surface area contributed by atoms with Crippen molar-refractivity contribution in [3.8, 4) is 33.5 Å². The van der Waals surface area contributed by atoms with Crippen molar-refractivity contribution in [3.05, 3.63) is 96.2 Å². The average Bonchev–Trinajstić information content (AvgIpc) is 3.32. The predicted octanol–water partition coefficient (Wildman–Crippen LogP) is 6.82. The molecule has 5 nitrogen and oxygen atoms in total. The zero-order chi connectivity index (χ0) is 26.6. The van der Waals surface area contributed by atoms with Crippen molar-refractivity contribution >= 4 is 11.0 Å². The van der Waals surface area contributed by atoms with Gasteiger partial charge in [-0.2, -0.15) is 0 Å². The molecule has 200 valence electrons. The zero-order valence-corrected chi connectivity index (χ0v) is 22.3. The first-order chi connectivity index (χ1) is 19.7. The molecule has 2 bridgehead atoms. The lowest BCUT2D eigenvalue weighted by molar-refractivity contribution is -0.148. The van der Waals surface area contributed by atoms with E-state index in [1.165, 1.54) is 42.0 Å². The molecule has 2 fully saturated rings. The summed E-state index contributed by atoms with van der Waals surface area (Å²) < 4.78 is 20.0. The maximum Gasteiger partial charge on any atom is 0.149 e. The second-order valence-electron chi connectivity index (χ2n) is 11.5. The molecule has 5 aromatic rings. The number of benzene rings is 2. The highest BCUT2D eigenvalue weighted by Crippen LogP contribution is 2.38. The van der Waals surface area contributed by atoms with Gasteiger partial charge in [0.2, 0.25) is 0 Å². The number of hydrogen-bond acceptors (Lipinski definition) is 4. The number of ether oxygens (including phenoxy) is 1. The Hall–Kier alpha value is -3.87. The maximum absolute atomic E-state index is 14.2. The molecular weight excluding hydrogens is 499 g/mol. The van der Waals surface area contributed by atoms with Crippen molar-refractivity contribution in [2.24, 2.45) is 0 Å². The van der Waals surface area contributed by atoms with E-state index in [1.807, 2.05) is 36.7 Å². The van der Waals surface area contributed by atoms with Crippen LogP contribution in [0.15, 0.2) is 79.3 Å². The van der Waals surface area contributed by atoms with Gasteiger partial charge in [0.1, 0.15) is 17.2 Å². The fraction of sp³-hybridized carbons (Fsp3) is 0.294. The van der Waals surface area contributed by atoms with Crippen LogP contribution in [0.1, 0.15) is 30.4 Å². The van der Waals surface area contributed by atoms with Crippen LogP contribution in [-0.2, 0) is 17.6 Å². The van der Waals surface area contributed by atoms with Gasteiger partial charge < -0.3 is 9.72 Å². The summed E-state index contributed by atoms with van der Waals surface area (Å²) in [5.41, 5.74) is 9.44. The van der Waals surface area contributed by atoms with E-state index >= 15 is 0 Å². The summed E-state index contributed by atoms with van der Waals surface area (Å²) in [4.78, 5) is 15.1. The van der Waals surface area contributed by atoms with Crippen LogP contribution in [0.5, 0.6) is 0 Å². The van der Waals surface area contributed by atoms with Crippen molar-refractivity contribution in [2.45, 2.75) is 50.2 Å². The molecule has 5 heterocycles. The number of morpholine rings is 1. The van der Waals surface area contributed by atoms with Gasteiger partial charge in [-0.3, -0.25) is 9.88 Å². The van der Waals surface area contributed by atoms with Crippen molar-refractivity contribution in [1.82, 2.24) is 19.9 Å². The molecule has 3 aromatic heterocycles. The Morgan fingerprint density at radius 2 is 1.57 bits per heavy atom. The lowest BCUT2D eigenvalue weighted by Crippen LogP contribution is -2.66. The molecule has 0 saturated carbocycles. The number of nitrogens with one attached hydrogen (secondary N) is 1. The van der Waals surface area contributed by atoms with Gasteiger partial charge in [0, 0.05) is 58.8 Å². The summed E-state index contributed by atoms with van der Waals surface area (Å²) in [6.45, 7) is 1.82. The quantitative estimate of drug-likeness (QED) is 0.259. The molecule has 6 heteroatoms. The van der Waals surface area contributed by atoms with E-state index in [4.69, 9.17) is 9.72 Å². The largest absolute Gasteiger partial charge is 0.378 e. The highest BCUT2D eigenvalue weighted by atomic mass is 19.1. The SMILES string of the molecule is Fc1cccnc1-c1ccc(-c2c[nH]c3ncc(-c4ccc5c(c4)CC[C@@H](N4C6COCC4C6)CC5)cc23)cc1. The number of rotatable bonds is 4. The summed E-state index contributed by atoms with van der Waals surface area (Å²) in [6.07, 6.45) is 11.6. The molecule has 1 aliphatic carbocycles. The third-order valence-electron chi connectivity index (χ3n) is 9.22. The molecule has 2 unspecified atom stereocenters. The average molecular weight is 531 g/mol. The molecule has 8 rings (SSSR count). The molecule has 2 aliphatic heterocycles. The van der Waals surface area contributed by atoms with E-state index in [1.54, 1.807) is 12.3 Å². The number of pyridine rings is 2. The molecule has 3 atom stereocenters. The van der Waals surface area contributed by atoms with Crippen LogP contribution in [0.25, 0.3) is 44.5 Å². The molecule has 0 spiro atoms. The lowest BCUT2D eigenvalue weighted by Gasteiger charge is -2.56. The minimum atomic E-state index is -0.315. The molecule has 0 amide bonds. The Morgan fingerprint density at radius 1 is 0.800 bits per heavy atom. The maximum atomic E-state index is 14.2. The standard InChI is InChI=1S/C34H31FN4O/c35-32-2-1-13-36-33(32)23-6-4-22(5-7-23)31-18-38-34-30(31)15-26(17-37-34)25-8-3-21-9-11-27(12-10-24(21)14-25)39-28-16-29(39)20-40-19-28/h1-8,13-15,17-18,27-29H,9-12,16,19-20H2,(H,37,38)/t27-,28?,29?/m0/s1. The molecule has 3 aliphatic rings. The van der Waals surface area contributed by atoms with Crippen molar-refractivity contribution < 1.29 is 9.13 Å². The normalized spacial score (nSPS) is 22.5. The van der Waals surface area contributed by atoms with Crippen molar-refractivity contribution in [3.63, 3.8) is 0 Å². The van der Waals surface area contributed by atoms with E-state index < -0.39 is 0 Å². The van der Waals surface area contributed by atoms with E-state index in [9.17, 15) is 4.39 Å². The molecule has 2 aromatic carbocycles. The van der Waals surface area contributed by atoms with Crippen LogP contribution in [-0.4, -0.2) is 51.2 Å². The van der Waals surface area contributed by atoms with Crippen LogP contribution >= 0.6 is 0 Å². The minimum Gasteiger partial charge on any atom is -0.378 e. The van der Waals surface area contributed by atoms with Crippen LogP contribution < -0.4 is 0 Å². The number of H-pyrrole nitrogens is 1. The summed E-state index contributed by atoms with van der Waals surface area (Å²) in [5.74, 6) is -0.315. The summed E-state index contributed by atoms with van der Waals surface area (Å²) in [6, 6.07) is 22.1. The number of halogens is 1. The lowest BCUT2D eigenvalue weighted by atomic mass is 9.87. The van der Waals surface area contributed by atoms with Gasteiger partial charge in [0.25, 0.3) is 0 Å². The van der Waals surface area contributed by atoms with E-state index in [2.05, 4.69) is 39.1 Å². The first kappa shape index (κ1) is 24.0. The molecular formula is C34H31FN4O. The van der Waals surface area contributed by atoms with Gasteiger partial charge in [-0.15, -0.1) is 0 Å². The Labute approximate surface area is 233 Å². The van der Waals surface area contributed by atoms with E-state index in [-0.39, 0.29) is 5.82 Å². The first-order valence-electron chi connectivity index (χ1n) is 14.4. The highest BCUT2D eigenvalue weighted by Gasteiger charge is 2.45. The van der Waals surface area contributed by atoms with Gasteiger partial charge in [0.15, 0.2) is 0 Å². The molecule has 0 radical (unpaired) electrons. The van der Waals surface area contributed by atoms with Gasteiger partial charge in [-0.25, -0.2) is 9.37 Å². The minimum absolute atomic E-state index is 0.315. The summed E-state index contributed by atoms with van der Waals surface area (Å²) in [7, 11) is 0. The molecule has 2 saturated heterocycles. The van der Waals surface area contributed by atoms with Crippen LogP contribution in [0.3, 0.4) is 0 Å². The fourth-order valence-corrected chi connectivity index (χ4v) is 7.14. The third kappa shape index (κ3) is 4.05. The van der Waals surface area contributed by atoms with Crippen LogP contribution in [0.2, 0.25) is 0 Å². The number of nitrogens with zero attached hydrogens (tertiary/aromatic N) is 3. The van der Waals surface area contributed by atoms with Gasteiger partial charge >= 0.3 is 0 Å². The number of hydrogen-bond donors (Lipinski definition) is 1. The third-order valence-corrected chi connectivity index (χ3v) is 9.22. The number of fused-ring (bicyclic) bond motifs is 4. The van der Waals surface area contributed by atoms with Gasteiger partial charge in [-0.1, -0.05) is 42.5 Å². The topological polar surface area (TPSA) is 54.0 Å². The summed E-state index contributed by atoms with van der Waals surface area (Å²) in [5, 5.41) is 1.08. The molecule has 1 N–H and O–H groups in total. The van der Waals surface area contributed by atoms with Crippen molar-refractivity contribution in [1.29, 1.82) is 0 Å². The van der Waals surface area contributed by atoms with E-state index in [0.29, 0.717) is 23.8 Å². The predicted molar refractivity (Wildman–Crippen MR) is 155 cm³/mol. The smallest absolute Gasteiger partial charge is 0.149 e. The number of aryl methyl sites for hydroxylation is 2. The van der Waals surface area contributed by atoms with Crippen molar-refractivity contribution in [2.75, 3.05) is 13.2 Å². The number of aromatic amines is 1. The molecule has 40 heavy (non-hydrogen) atoms.